The van der Waals surface area contributed by atoms with E-state index in [0.29, 0.717) is 5.56 Å². The van der Waals surface area contributed by atoms with Crippen LogP contribution in [0.15, 0.2) is 29.4 Å². The molecule has 0 radical (unpaired) electrons. The van der Waals surface area contributed by atoms with E-state index in [1.165, 1.54) is 24.3 Å². The van der Waals surface area contributed by atoms with Crippen LogP contribution < -0.4 is 5.43 Å². The van der Waals surface area contributed by atoms with Gasteiger partial charge in [0.2, 0.25) is 0 Å². The number of hydrogen-bond acceptors (Lipinski definition) is 4. The van der Waals surface area contributed by atoms with Crippen molar-refractivity contribution in [1.82, 2.24) is 5.43 Å². The van der Waals surface area contributed by atoms with Gasteiger partial charge in [-0.15, -0.1) is 0 Å². The molecule has 0 aromatic heterocycles. The summed E-state index contributed by atoms with van der Waals surface area (Å²) in [4.78, 5) is 21.5. The van der Waals surface area contributed by atoms with Crippen LogP contribution in [0, 0.1) is 10.1 Å². The predicted octanol–water partition coefficient (Wildman–Crippen LogP) is 2.11. The van der Waals surface area contributed by atoms with Crippen molar-refractivity contribution in [3.63, 3.8) is 0 Å². The van der Waals surface area contributed by atoms with E-state index in [9.17, 15) is 14.9 Å². The van der Waals surface area contributed by atoms with Gasteiger partial charge in [0.25, 0.3) is 11.6 Å². The molecule has 0 saturated carbocycles. The quantitative estimate of drug-likeness (QED) is 0.492. The number of carbonyl (C=O) groups excluding carboxylic acids is 1. The highest BCUT2D eigenvalue weighted by molar-refractivity contribution is 5.95. The van der Waals surface area contributed by atoms with Gasteiger partial charge in [-0.3, -0.25) is 14.9 Å². The van der Waals surface area contributed by atoms with Gasteiger partial charge in [-0.25, -0.2) is 5.43 Å². The Morgan fingerprint density at radius 2 is 2.00 bits per heavy atom. The highest BCUT2D eigenvalue weighted by Crippen LogP contribution is 2.11. The molecule has 0 atom stereocenters. The molecule has 0 aliphatic heterocycles. The lowest BCUT2D eigenvalue weighted by Crippen LogP contribution is -2.18. The first-order valence-electron chi connectivity index (χ1n) is 5.12. The van der Waals surface area contributed by atoms with Crippen molar-refractivity contribution in [3.05, 3.63) is 39.9 Å². The molecule has 1 amide bonds. The predicted molar refractivity (Wildman–Crippen MR) is 64.0 cm³/mol. The molecule has 0 spiro atoms. The fourth-order valence-electron chi connectivity index (χ4n) is 1.02. The Kier molecular flexibility index (Phi) is 4.33. The van der Waals surface area contributed by atoms with Gasteiger partial charge >= 0.3 is 0 Å². The third-order valence-corrected chi connectivity index (χ3v) is 2.20. The number of nitro benzene ring substituents is 1. The molecule has 1 N–H and O–H groups in total. The standard InChI is InChI=1S/C11H13N3O3/c1-3-8(2)12-13-11(15)9-4-6-10(7-5-9)14(16)17/h4-7H,3H2,1-2H3,(H,13,15)/b12-8+. The first-order chi connectivity index (χ1) is 8.04. The summed E-state index contributed by atoms with van der Waals surface area (Å²) in [6.07, 6.45) is 0.751. The molecule has 1 aromatic rings. The Bertz CT molecular complexity index is 452. The molecule has 0 aliphatic rings. The third-order valence-electron chi connectivity index (χ3n) is 2.20. The zero-order valence-electron chi connectivity index (χ0n) is 9.64. The number of nitrogens with one attached hydrogen (secondary N) is 1. The van der Waals surface area contributed by atoms with Gasteiger partial charge < -0.3 is 0 Å². The van der Waals surface area contributed by atoms with Gasteiger partial charge in [-0.05, 0) is 25.5 Å². The smallest absolute Gasteiger partial charge is 0.267 e. The van der Waals surface area contributed by atoms with Gasteiger partial charge in [0.15, 0.2) is 0 Å². The van der Waals surface area contributed by atoms with E-state index in [0.717, 1.165) is 12.1 Å². The van der Waals surface area contributed by atoms with E-state index < -0.39 is 4.92 Å². The van der Waals surface area contributed by atoms with Crippen LogP contribution in [0.1, 0.15) is 30.6 Å². The highest BCUT2D eigenvalue weighted by atomic mass is 16.6. The summed E-state index contributed by atoms with van der Waals surface area (Å²) in [5.74, 6) is -0.382. The van der Waals surface area contributed by atoms with Crippen LogP contribution in [0.25, 0.3) is 0 Å². The van der Waals surface area contributed by atoms with Crippen LogP contribution >= 0.6 is 0 Å². The van der Waals surface area contributed by atoms with Gasteiger partial charge in [0, 0.05) is 23.4 Å². The lowest BCUT2D eigenvalue weighted by molar-refractivity contribution is -0.384. The van der Waals surface area contributed by atoms with Crippen LogP contribution in [0.2, 0.25) is 0 Å². The fraction of sp³-hybridized carbons (Fsp3) is 0.273. The molecule has 6 heteroatoms. The Morgan fingerprint density at radius 3 is 2.47 bits per heavy atom. The van der Waals surface area contributed by atoms with Crippen LogP contribution in [0.4, 0.5) is 5.69 Å². The molecular formula is C11H13N3O3. The van der Waals surface area contributed by atoms with E-state index in [1.807, 2.05) is 6.92 Å². The van der Waals surface area contributed by atoms with E-state index in [1.54, 1.807) is 6.92 Å². The second kappa shape index (κ2) is 5.74. The first kappa shape index (κ1) is 12.8. The maximum atomic E-state index is 11.6. The summed E-state index contributed by atoms with van der Waals surface area (Å²) >= 11 is 0. The Labute approximate surface area is 98.5 Å². The molecule has 17 heavy (non-hydrogen) atoms. The minimum absolute atomic E-state index is 0.0465. The van der Waals surface area contributed by atoms with Gasteiger partial charge in [-0.1, -0.05) is 6.92 Å². The number of nitro groups is 1. The third kappa shape index (κ3) is 3.67. The molecule has 90 valence electrons. The molecular weight excluding hydrogens is 222 g/mol. The molecule has 0 aliphatic carbocycles. The summed E-state index contributed by atoms with van der Waals surface area (Å²) in [6.45, 7) is 3.73. The van der Waals surface area contributed by atoms with E-state index in [-0.39, 0.29) is 11.6 Å². The van der Waals surface area contributed by atoms with Crippen LogP contribution in [-0.4, -0.2) is 16.5 Å². The minimum atomic E-state index is -0.513. The second-order valence-electron chi connectivity index (χ2n) is 3.45. The van der Waals surface area contributed by atoms with Gasteiger partial charge in [-0.2, -0.15) is 5.10 Å². The number of non-ortho nitro benzene ring substituents is 1. The SMILES string of the molecule is CC/C(C)=N/NC(=O)c1ccc([N+](=O)[O-])cc1. The van der Waals surface area contributed by atoms with Crippen molar-refractivity contribution in [2.75, 3.05) is 0 Å². The van der Waals surface area contributed by atoms with Crippen molar-refractivity contribution < 1.29 is 9.72 Å². The zero-order valence-corrected chi connectivity index (χ0v) is 9.64. The maximum absolute atomic E-state index is 11.6. The summed E-state index contributed by atoms with van der Waals surface area (Å²) in [6, 6.07) is 5.35. The fourth-order valence-corrected chi connectivity index (χ4v) is 1.02. The average Bonchev–Trinajstić information content (AvgIpc) is 2.35. The Hall–Kier alpha value is -2.24. The van der Waals surface area contributed by atoms with Crippen molar-refractivity contribution in [3.8, 4) is 0 Å². The topological polar surface area (TPSA) is 84.6 Å². The minimum Gasteiger partial charge on any atom is -0.267 e. The zero-order chi connectivity index (χ0) is 12.8. The number of rotatable bonds is 4. The molecule has 0 unspecified atom stereocenters. The highest BCUT2D eigenvalue weighted by Gasteiger charge is 2.08. The van der Waals surface area contributed by atoms with Crippen LogP contribution in [0.5, 0.6) is 0 Å². The molecule has 0 fully saturated rings. The molecule has 0 saturated heterocycles. The number of hydrogen-bond donors (Lipinski definition) is 1. The first-order valence-corrected chi connectivity index (χ1v) is 5.12. The van der Waals surface area contributed by atoms with Crippen molar-refractivity contribution >= 4 is 17.3 Å². The number of amides is 1. The summed E-state index contributed by atoms with van der Waals surface area (Å²) < 4.78 is 0. The second-order valence-corrected chi connectivity index (χ2v) is 3.45. The summed E-state index contributed by atoms with van der Waals surface area (Å²) in [5.41, 5.74) is 3.47. The van der Waals surface area contributed by atoms with Crippen LogP contribution in [0.3, 0.4) is 0 Å². The number of nitrogens with zero attached hydrogens (tertiary/aromatic N) is 2. The number of benzene rings is 1. The van der Waals surface area contributed by atoms with Gasteiger partial charge in [0.05, 0.1) is 4.92 Å². The Balaban J connectivity index is 2.73. The molecule has 0 heterocycles. The van der Waals surface area contributed by atoms with E-state index in [2.05, 4.69) is 10.5 Å². The largest absolute Gasteiger partial charge is 0.271 e. The van der Waals surface area contributed by atoms with Crippen LogP contribution in [-0.2, 0) is 0 Å². The molecule has 1 rings (SSSR count). The lowest BCUT2D eigenvalue weighted by atomic mass is 10.2. The lowest BCUT2D eigenvalue weighted by Gasteiger charge is -2.00. The monoisotopic (exact) mass is 235 g/mol. The normalized spacial score (nSPS) is 11.1. The molecule has 1 aromatic carbocycles. The Morgan fingerprint density at radius 1 is 1.41 bits per heavy atom. The van der Waals surface area contributed by atoms with E-state index >= 15 is 0 Å². The maximum Gasteiger partial charge on any atom is 0.271 e. The number of hydrazone groups is 1. The van der Waals surface area contributed by atoms with Gasteiger partial charge in [0.1, 0.15) is 0 Å². The molecule has 6 nitrogen and oxygen atoms in total. The summed E-state index contributed by atoms with van der Waals surface area (Å²) in [5, 5.41) is 14.3. The molecule has 0 bridgehead atoms. The van der Waals surface area contributed by atoms with Crippen molar-refractivity contribution in [2.45, 2.75) is 20.3 Å². The average molecular weight is 235 g/mol. The van der Waals surface area contributed by atoms with Crippen molar-refractivity contribution in [1.29, 1.82) is 0 Å². The summed E-state index contributed by atoms with van der Waals surface area (Å²) in [7, 11) is 0. The number of carbonyl (C=O) groups is 1. The van der Waals surface area contributed by atoms with E-state index in [4.69, 9.17) is 0 Å². The van der Waals surface area contributed by atoms with Crippen molar-refractivity contribution in [2.24, 2.45) is 5.10 Å².